The molecule has 4 N–H and O–H groups in total. The summed E-state index contributed by atoms with van der Waals surface area (Å²) in [6, 6.07) is 2.75. The highest BCUT2D eigenvalue weighted by molar-refractivity contribution is 6.31. The minimum atomic E-state index is -0.556. The first-order valence-electron chi connectivity index (χ1n) is 14.4. The topological polar surface area (TPSA) is 90.5 Å². The number of aliphatic hydroxyl groups excluding tert-OH is 1. The van der Waals surface area contributed by atoms with Crippen LogP contribution in [0.2, 0.25) is 5.02 Å². The van der Waals surface area contributed by atoms with E-state index in [-0.39, 0.29) is 28.0 Å². The second kappa shape index (κ2) is 19.8. The molecule has 0 bridgehead atoms. The quantitative estimate of drug-likeness (QED) is 0.109. The van der Waals surface area contributed by atoms with Crippen molar-refractivity contribution >= 4 is 41.7 Å². The number of allylic oxidation sites excluding steroid dienone is 5. The van der Waals surface area contributed by atoms with Crippen molar-refractivity contribution in [2.45, 2.75) is 78.2 Å². The number of amides is 2. The first kappa shape index (κ1) is 37.8. The lowest BCUT2D eigenvalue weighted by Gasteiger charge is -2.21. The molecule has 10 heteroatoms. The van der Waals surface area contributed by atoms with E-state index in [0.717, 1.165) is 45.1 Å². The summed E-state index contributed by atoms with van der Waals surface area (Å²) in [4.78, 5) is 20.7. The molecule has 1 aliphatic heterocycles. The third-order valence-corrected chi connectivity index (χ3v) is 7.31. The van der Waals surface area contributed by atoms with Gasteiger partial charge in [-0.15, -0.1) is 0 Å². The average Bonchev–Trinajstić information content (AvgIpc) is 3.56. The minimum absolute atomic E-state index is 0.0409. The number of aliphatic hydroxyl groups is 1. The third-order valence-electron chi connectivity index (χ3n) is 6.69. The summed E-state index contributed by atoms with van der Waals surface area (Å²) in [7, 11) is 0. The predicted molar refractivity (Wildman–Crippen MR) is 170 cm³/mol. The van der Waals surface area contributed by atoms with Crippen LogP contribution < -0.4 is 16.0 Å². The summed E-state index contributed by atoms with van der Waals surface area (Å²) in [6.07, 6.45) is 11.2. The van der Waals surface area contributed by atoms with Gasteiger partial charge in [0.05, 0.1) is 16.2 Å². The summed E-state index contributed by atoms with van der Waals surface area (Å²) in [5, 5.41) is 17.6. The van der Waals surface area contributed by atoms with E-state index in [1.807, 2.05) is 0 Å². The fourth-order valence-electron chi connectivity index (χ4n) is 4.79. The van der Waals surface area contributed by atoms with E-state index in [4.69, 9.17) is 23.2 Å². The van der Waals surface area contributed by atoms with E-state index in [9.17, 15) is 23.5 Å². The predicted octanol–water partition coefficient (Wildman–Crippen LogP) is 7.63. The van der Waals surface area contributed by atoms with Gasteiger partial charge in [0.1, 0.15) is 11.6 Å². The van der Waals surface area contributed by atoms with Crippen LogP contribution in [0.25, 0.3) is 0 Å². The molecule has 2 aliphatic rings. The number of benzene rings is 1. The maximum absolute atomic E-state index is 13.9. The number of carbonyl (C=O) groups excluding carboxylic acids is 2. The molecule has 42 heavy (non-hydrogen) atoms. The van der Waals surface area contributed by atoms with Gasteiger partial charge < -0.3 is 21.1 Å². The molecule has 4 atom stereocenters. The first-order chi connectivity index (χ1) is 19.8. The lowest BCUT2D eigenvalue weighted by molar-refractivity contribution is -0.109. The summed E-state index contributed by atoms with van der Waals surface area (Å²) < 4.78 is 27.5. The second-order valence-electron chi connectivity index (χ2n) is 12.2. The van der Waals surface area contributed by atoms with Crippen LogP contribution >= 0.6 is 23.2 Å². The second-order valence-corrected chi connectivity index (χ2v) is 13.0. The van der Waals surface area contributed by atoms with Crippen LogP contribution in [-0.4, -0.2) is 43.7 Å². The highest BCUT2D eigenvalue weighted by Gasteiger charge is 2.30. The number of nitrogens with one attached hydrogen (secondary N) is 3. The zero-order chi connectivity index (χ0) is 31.7. The van der Waals surface area contributed by atoms with Crippen molar-refractivity contribution in [3.05, 3.63) is 64.2 Å². The van der Waals surface area contributed by atoms with E-state index in [0.29, 0.717) is 48.5 Å². The minimum Gasteiger partial charge on any atom is -0.393 e. The van der Waals surface area contributed by atoms with Gasteiger partial charge in [-0.25, -0.2) is 8.78 Å². The molecule has 1 aliphatic carbocycles. The molecule has 2 amide bonds. The zero-order valence-corrected chi connectivity index (χ0v) is 26.7. The Hall–Kier alpha value is -2.26. The molecule has 1 aromatic rings. The molecule has 6 nitrogen and oxygen atoms in total. The number of rotatable bonds is 12. The largest absolute Gasteiger partial charge is 0.393 e. The lowest BCUT2D eigenvalue weighted by atomic mass is 9.85. The van der Waals surface area contributed by atoms with Crippen molar-refractivity contribution < 1.29 is 23.5 Å². The Morgan fingerprint density at radius 3 is 2.45 bits per heavy atom. The van der Waals surface area contributed by atoms with Gasteiger partial charge in [0.2, 0.25) is 12.8 Å². The standard InChI is InChI=1S/C18H18Cl2F2N2O.C9H17NO2.C5H12/c1-2-14(19)16(21)5-3-4-11-8-23-9-13(11)12-6-17(22)15(20)7-18(12)24-10-25;11-7-10-5-1-2-8-3-4-9(12)6-8;1-5(2,3)4/h2-3,5-7,10-11,13,23H,1,4,8-9H2,(H,24,25);7-9,12H,1-6H2,(H,10,11);1-4H3/b5-3-,16-14-;;/t11-,13+;8?,9-;/m01./s1. The number of halogens is 4. The molecule has 1 unspecified atom stereocenters. The summed E-state index contributed by atoms with van der Waals surface area (Å²) >= 11 is 11.5. The van der Waals surface area contributed by atoms with Crippen LogP contribution in [0.4, 0.5) is 14.5 Å². The van der Waals surface area contributed by atoms with Gasteiger partial charge in [-0.05, 0) is 92.2 Å². The summed E-state index contributed by atoms with van der Waals surface area (Å²) in [5.41, 5.74) is 1.64. The molecule has 236 valence electrons. The maximum Gasteiger partial charge on any atom is 0.211 e. The fourth-order valence-corrected chi connectivity index (χ4v) is 5.01. The highest BCUT2D eigenvalue weighted by Crippen LogP contribution is 2.37. The van der Waals surface area contributed by atoms with Crippen molar-refractivity contribution in [1.82, 2.24) is 10.6 Å². The molecule has 1 saturated heterocycles. The van der Waals surface area contributed by atoms with E-state index in [1.54, 1.807) is 6.08 Å². The maximum atomic E-state index is 13.9. The van der Waals surface area contributed by atoms with Crippen LogP contribution in [0.5, 0.6) is 0 Å². The molecule has 0 aromatic heterocycles. The molecule has 1 aromatic carbocycles. The van der Waals surface area contributed by atoms with Crippen LogP contribution in [0.3, 0.4) is 0 Å². The number of hydrogen-bond acceptors (Lipinski definition) is 4. The number of hydrogen-bond donors (Lipinski definition) is 4. The Balaban J connectivity index is 0.000000428. The normalized spacial score (nSPS) is 22.3. The monoisotopic (exact) mass is 629 g/mol. The van der Waals surface area contributed by atoms with Crippen molar-refractivity contribution in [1.29, 1.82) is 0 Å². The lowest BCUT2D eigenvalue weighted by Crippen LogP contribution is -2.13. The van der Waals surface area contributed by atoms with E-state index >= 15 is 0 Å². The van der Waals surface area contributed by atoms with Gasteiger partial charge >= 0.3 is 0 Å². The van der Waals surface area contributed by atoms with Crippen LogP contribution in [-0.2, 0) is 9.59 Å². The molecule has 1 heterocycles. The highest BCUT2D eigenvalue weighted by atomic mass is 35.5. The molecule has 0 radical (unpaired) electrons. The fraction of sp³-hybridized carbons (Fsp3) is 0.562. The SMILES string of the molecule is C=C/C(Cl)=C(F)\C=C/C[C@H]1CNC[C@H]1c1cc(F)c(Cl)cc1NC=O.CC(C)(C)C.O=CNCCCC1CC[C@@H](O)C1. The van der Waals surface area contributed by atoms with Gasteiger partial charge in [0, 0.05) is 24.7 Å². The zero-order valence-electron chi connectivity index (χ0n) is 25.2. The number of carbonyl (C=O) groups is 2. The smallest absolute Gasteiger partial charge is 0.211 e. The van der Waals surface area contributed by atoms with Crippen LogP contribution in [0.15, 0.2) is 47.8 Å². The van der Waals surface area contributed by atoms with Gasteiger partial charge in [-0.3, -0.25) is 9.59 Å². The van der Waals surface area contributed by atoms with Crippen molar-refractivity contribution in [2.75, 3.05) is 25.0 Å². The molecule has 3 rings (SSSR count). The van der Waals surface area contributed by atoms with Crippen molar-refractivity contribution in [3.8, 4) is 0 Å². The molecule has 2 fully saturated rings. The Morgan fingerprint density at radius 2 is 1.88 bits per heavy atom. The van der Waals surface area contributed by atoms with Gasteiger partial charge in [0.15, 0.2) is 0 Å². The molecular formula is C32H47Cl2F2N3O3. The Morgan fingerprint density at radius 1 is 1.19 bits per heavy atom. The van der Waals surface area contributed by atoms with Gasteiger partial charge in [0.25, 0.3) is 0 Å². The Labute approximate surface area is 260 Å². The third kappa shape index (κ3) is 15.3. The van der Waals surface area contributed by atoms with E-state index in [2.05, 4.69) is 50.2 Å². The van der Waals surface area contributed by atoms with Gasteiger partial charge in [-0.2, -0.15) is 0 Å². The average molecular weight is 631 g/mol. The van der Waals surface area contributed by atoms with Crippen LogP contribution in [0.1, 0.15) is 77.7 Å². The summed E-state index contributed by atoms with van der Waals surface area (Å²) in [5.74, 6) is -0.338. The van der Waals surface area contributed by atoms with Gasteiger partial charge in [-0.1, -0.05) is 63.6 Å². The van der Waals surface area contributed by atoms with E-state index < -0.39 is 11.6 Å². The van der Waals surface area contributed by atoms with Crippen molar-refractivity contribution in [3.63, 3.8) is 0 Å². The first-order valence-corrected chi connectivity index (χ1v) is 15.1. The number of anilines is 1. The van der Waals surface area contributed by atoms with E-state index in [1.165, 1.54) is 24.3 Å². The Bertz CT molecular complexity index is 1050. The molecule has 1 saturated carbocycles. The van der Waals surface area contributed by atoms with Crippen LogP contribution in [0, 0.1) is 23.1 Å². The van der Waals surface area contributed by atoms with Crippen molar-refractivity contribution in [2.24, 2.45) is 17.3 Å². The molecular weight excluding hydrogens is 583 g/mol. The Kier molecular flexibility index (Phi) is 17.8. The summed E-state index contributed by atoms with van der Waals surface area (Å²) in [6.45, 7) is 14.2. The molecule has 0 spiro atoms.